The van der Waals surface area contributed by atoms with E-state index in [1.165, 1.54) is 24.5 Å². The summed E-state index contributed by atoms with van der Waals surface area (Å²) in [5.41, 5.74) is 0. The largest absolute Gasteiger partial charge is 0.452 e. The Kier molecular flexibility index (Phi) is 6.00. The van der Waals surface area contributed by atoms with Gasteiger partial charge in [-0.05, 0) is 29.9 Å². The number of hydrogen-bond donors (Lipinski definition) is 1. The lowest BCUT2D eigenvalue weighted by molar-refractivity contribution is 0.149. The number of hydrogen-bond acceptors (Lipinski definition) is 5. The van der Waals surface area contributed by atoms with Gasteiger partial charge in [0.1, 0.15) is 10.7 Å². The Balaban J connectivity index is 3.05. The van der Waals surface area contributed by atoms with Crippen molar-refractivity contribution < 1.29 is 17.6 Å². The first kappa shape index (κ1) is 16.6. The van der Waals surface area contributed by atoms with Gasteiger partial charge < -0.3 is 14.5 Å². The fraction of sp³-hybridized carbons (Fsp3) is 0.636. The van der Waals surface area contributed by atoms with Crippen LogP contribution in [0, 0.1) is 0 Å². The topological polar surface area (TPSA) is 71.8 Å². The molecule has 1 unspecified atom stereocenters. The molecule has 1 N–H and O–H groups in total. The first-order chi connectivity index (χ1) is 8.84. The minimum atomic E-state index is -3.60. The standard InChI is InChI=1S/C11H19BrN2O4S/c1-8(7-17-4)14(3)19(15,16)10-5-9(6-13-2)18-11(10)12/h5,8,13H,6-7H2,1-4H3. The summed E-state index contributed by atoms with van der Waals surface area (Å²) in [6.07, 6.45) is 0. The summed E-state index contributed by atoms with van der Waals surface area (Å²) in [6, 6.07) is 1.26. The van der Waals surface area contributed by atoms with Crippen LogP contribution in [-0.4, -0.2) is 46.6 Å². The highest BCUT2D eigenvalue weighted by atomic mass is 79.9. The molecule has 6 nitrogen and oxygen atoms in total. The van der Waals surface area contributed by atoms with E-state index in [2.05, 4.69) is 21.2 Å². The maximum absolute atomic E-state index is 12.4. The van der Waals surface area contributed by atoms with Crippen LogP contribution in [0.3, 0.4) is 0 Å². The summed E-state index contributed by atoms with van der Waals surface area (Å²) in [6.45, 7) is 2.57. The third kappa shape index (κ3) is 3.79. The summed E-state index contributed by atoms with van der Waals surface area (Å²) < 4.78 is 36.7. The molecule has 0 spiro atoms. The SMILES string of the molecule is CNCc1cc(S(=O)(=O)N(C)C(C)COC)c(Br)o1. The molecule has 0 saturated carbocycles. The highest BCUT2D eigenvalue weighted by Gasteiger charge is 2.29. The molecule has 0 bridgehead atoms. The summed E-state index contributed by atoms with van der Waals surface area (Å²) in [5, 5.41) is 2.91. The van der Waals surface area contributed by atoms with Gasteiger partial charge in [-0.25, -0.2) is 8.42 Å². The maximum Gasteiger partial charge on any atom is 0.247 e. The average Bonchev–Trinajstić information content (AvgIpc) is 2.70. The lowest BCUT2D eigenvalue weighted by Crippen LogP contribution is -2.37. The number of nitrogens with zero attached hydrogens (tertiary/aromatic N) is 1. The summed E-state index contributed by atoms with van der Waals surface area (Å²) in [4.78, 5) is 0.128. The summed E-state index contributed by atoms with van der Waals surface area (Å²) >= 11 is 3.15. The molecule has 1 atom stereocenters. The zero-order chi connectivity index (χ0) is 14.6. The van der Waals surface area contributed by atoms with E-state index >= 15 is 0 Å². The quantitative estimate of drug-likeness (QED) is 0.801. The van der Waals surface area contributed by atoms with Crippen LogP contribution in [0.2, 0.25) is 0 Å². The second-order valence-corrected chi connectivity index (χ2v) is 6.89. The van der Waals surface area contributed by atoms with E-state index in [-0.39, 0.29) is 15.6 Å². The predicted octanol–water partition coefficient (Wildman–Crippen LogP) is 1.42. The van der Waals surface area contributed by atoms with Crippen molar-refractivity contribution in [3.8, 4) is 0 Å². The van der Waals surface area contributed by atoms with E-state index < -0.39 is 10.0 Å². The van der Waals surface area contributed by atoms with Crippen LogP contribution < -0.4 is 5.32 Å². The monoisotopic (exact) mass is 354 g/mol. The van der Waals surface area contributed by atoms with E-state index in [0.717, 1.165) is 0 Å². The van der Waals surface area contributed by atoms with Gasteiger partial charge in [0.15, 0.2) is 4.67 Å². The Morgan fingerprint density at radius 2 is 2.21 bits per heavy atom. The van der Waals surface area contributed by atoms with Crippen molar-refractivity contribution >= 4 is 26.0 Å². The Labute approximate surface area is 122 Å². The van der Waals surface area contributed by atoms with Crippen LogP contribution in [0.15, 0.2) is 20.0 Å². The van der Waals surface area contributed by atoms with Crippen LogP contribution in [-0.2, 0) is 21.3 Å². The van der Waals surface area contributed by atoms with Gasteiger partial charge in [0.25, 0.3) is 0 Å². The van der Waals surface area contributed by atoms with Gasteiger partial charge in [-0.15, -0.1) is 0 Å². The predicted molar refractivity (Wildman–Crippen MR) is 75.5 cm³/mol. The molecule has 1 heterocycles. The van der Waals surface area contributed by atoms with Crippen LogP contribution in [0.25, 0.3) is 0 Å². The number of halogens is 1. The zero-order valence-corrected chi connectivity index (χ0v) is 13.8. The highest BCUT2D eigenvalue weighted by Crippen LogP contribution is 2.29. The highest BCUT2D eigenvalue weighted by molar-refractivity contribution is 9.10. The molecule has 1 aromatic heterocycles. The van der Waals surface area contributed by atoms with E-state index in [4.69, 9.17) is 9.15 Å². The molecular weight excluding hydrogens is 336 g/mol. The lowest BCUT2D eigenvalue weighted by atomic mass is 10.4. The summed E-state index contributed by atoms with van der Waals surface area (Å²) in [7, 11) is 1.22. The lowest BCUT2D eigenvalue weighted by Gasteiger charge is -2.22. The van der Waals surface area contributed by atoms with Gasteiger partial charge in [0, 0.05) is 26.3 Å². The van der Waals surface area contributed by atoms with Crippen molar-refractivity contribution in [1.29, 1.82) is 0 Å². The number of likely N-dealkylation sites (N-methyl/N-ethyl adjacent to an activating group) is 1. The molecule has 19 heavy (non-hydrogen) atoms. The normalized spacial score (nSPS) is 14.0. The Bertz CT molecular complexity index is 515. The number of sulfonamides is 1. The fourth-order valence-corrected chi connectivity index (χ4v) is 3.88. The van der Waals surface area contributed by atoms with E-state index in [9.17, 15) is 8.42 Å². The molecule has 0 aliphatic carbocycles. The minimum absolute atomic E-state index is 0.128. The zero-order valence-electron chi connectivity index (χ0n) is 11.4. The van der Waals surface area contributed by atoms with E-state index in [0.29, 0.717) is 18.9 Å². The molecule has 0 aromatic carbocycles. The fourth-order valence-electron chi connectivity index (χ4n) is 1.57. The van der Waals surface area contributed by atoms with Crippen LogP contribution in [0.5, 0.6) is 0 Å². The molecule has 0 amide bonds. The molecule has 0 fully saturated rings. The van der Waals surface area contributed by atoms with Gasteiger partial charge >= 0.3 is 0 Å². The molecule has 1 rings (SSSR count). The minimum Gasteiger partial charge on any atom is -0.452 e. The van der Waals surface area contributed by atoms with Crippen LogP contribution in [0.4, 0.5) is 0 Å². The number of rotatable bonds is 7. The molecule has 0 saturated heterocycles. The van der Waals surface area contributed by atoms with Gasteiger partial charge in [-0.2, -0.15) is 4.31 Å². The van der Waals surface area contributed by atoms with Gasteiger partial charge in [0.05, 0.1) is 13.2 Å². The number of ether oxygens (including phenoxy) is 1. The third-order valence-corrected chi connectivity index (χ3v) is 5.57. The van der Waals surface area contributed by atoms with Gasteiger partial charge in [0.2, 0.25) is 10.0 Å². The van der Waals surface area contributed by atoms with Gasteiger partial charge in [-0.1, -0.05) is 0 Å². The molecular formula is C11H19BrN2O4S. The second kappa shape index (κ2) is 6.85. The van der Waals surface area contributed by atoms with Crippen molar-refractivity contribution in [1.82, 2.24) is 9.62 Å². The first-order valence-corrected chi connectivity index (χ1v) is 7.97. The average molecular weight is 355 g/mol. The van der Waals surface area contributed by atoms with Crippen molar-refractivity contribution in [3.63, 3.8) is 0 Å². The van der Waals surface area contributed by atoms with Gasteiger partial charge in [-0.3, -0.25) is 0 Å². The van der Waals surface area contributed by atoms with Crippen molar-refractivity contribution in [2.75, 3.05) is 27.8 Å². The number of methoxy groups -OCH3 is 1. The Hall–Kier alpha value is -0.410. The van der Waals surface area contributed by atoms with Crippen molar-refractivity contribution in [2.45, 2.75) is 24.4 Å². The third-order valence-electron chi connectivity index (χ3n) is 2.74. The molecule has 1 aromatic rings. The van der Waals surface area contributed by atoms with Crippen LogP contribution >= 0.6 is 15.9 Å². The Morgan fingerprint density at radius 3 is 2.74 bits per heavy atom. The molecule has 0 aliphatic rings. The van der Waals surface area contributed by atoms with Crippen LogP contribution in [0.1, 0.15) is 12.7 Å². The molecule has 8 heteroatoms. The van der Waals surface area contributed by atoms with E-state index in [1.807, 2.05) is 0 Å². The first-order valence-electron chi connectivity index (χ1n) is 5.74. The van der Waals surface area contributed by atoms with E-state index in [1.54, 1.807) is 14.0 Å². The molecule has 0 radical (unpaired) electrons. The molecule has 0 aliphatic heterocycles. The number of nitrogens with one attached hydrogen (secondary N) is 1. The Morgan fingerprint density at radius 1 is 1.58 bits per heavy atom. The van der Waals surface area contributed by atoms with Crippen molar-refractivity contribution in [3.05, 3.63) is 16.5 Å². The maximum atomic E-state index is 12.4. The van der Waals surface area contributed by atoms with Crippen molar-refractivity contribution in [2.24, 2.45) is 0 Å². The number of furan rings is 1. The molecule has 110 valence electrons. The smallest absolute Gasteiger partial charge is 0.247 e. The second-order valence-electron chi connectivity index (χ2n) is 4.21. The summed E-state index contributed by atoms with van der Waals surface area (Å²) in [5.74, 6) is 0.556.